The molecule has 1 amide bonds. The Balaban J connectivity index is 2.44. The number of hydrogen-bond acceptors (Lipinski definition) is 5. The number of carbonyl (C=O) groups excluding carboxylic acids is 1. The molecular formula is C15H16N2O4. The second kappa shape index (κ2) is 6.32. The van der Waals surface area contributed by atoms with Crippen LogP contribution >= 0.6 is 0 Å². The topological polar surface area (TPSA) is 83.6 Å². The van der Waals surface area contributed by atoms with Gasteiger partial charge in [0.2, 0.25) is 5.91 Å². The molecular weight excluding hydrogens is 272 g/mol. The number of nitrogens with zero attached hydrogens (tertiary/aromatic N) is 2. The number of carbonyl (C=O) groups is 1. The molecule has 110 valence electrons. The summed E-state index contributed by atoms with van der Waals surface area (Å²) in [6.45, 7) is 3.00. The van der Waals surface area contributed by atoms with Gasteiger partial charge in [-0.25, -0.2) is 4.79 Å². The monoisotopic (exact) mass is 288 g/mol. The van der Waals surface area contributed by atoms with Crippen LogP contribution in [0, 0.1) is 0 Å². The van der Waals surface area contributed by atoms with Crippen molar-refractivity contribution in [3.63, 3.8) is 0 Å². The van der Waals surface area contributed by atoms with Gasteiger partial charge in [-0.1, -0.05) is 6.92 Å². The molecule has 0 radical (unpaired) electrons. The summed E-state index contributed by atoms with van der Waals surface area (Å²) in [5, 5.41) is 9.87. The van der Waals surface area contributed by atoms with Crippen LogP contribution in [0.25, 0.3) is 11.3 Å². The van der Waals surface area contributed by atoms with Gasteiger partial charge in [0, 0.05) is 24.9 Å². The Kier molecular flexibility index (Phi) is 4.49. The molecule has 2 aromatic rings. The Morgan fingerprint density at radius 3 is 2.71 bits per heavy atom. The lowest BCUT2D eigenvalue weighted by Gasteiger charge is -2.24. The van der Waals surface area contributed by atoms with Crippen molar-refractivity contribution in [1.82, 2.24) is 4.98 Å². The first-order valence-electron chi connectivity index (χ1n) is 6.57. The highest BCUT2D eigenvalue weighted by Crippen LogP contribution is 2.20. The van der Waals surface area contributed by atoms with Crippen LogP contribution in [-0.2, 0) is 4.79 Å². The number of aliphatic hydroxyl groups excluding tert-OH is 1. The van der Waals surface area contributed by atoms with Crippen LogP contribution in [0.2, 0.25) is 0 Å². The van der Waals surface area contributed by atoms with Crippen LogP contribution in [-0.4, -0.2) is 22.2 Å². The zero-order chi connectivity index (χ0) is 15.4. The fraction of sp³-hybridized carbons (Fsp3) is 0.267. The van der Waals surface area contributed by atoms with Gasteiger partial charge in [-0.3, -0.25) is 14.7 Å². The van der Waals surface area contributed by atoms with Gasteiger partial charge in [-0.15, -0.1) is 0 Å². The maximum atomic E-state index is 12.1. The van der Waals surface area contributed by atoms with Gasteiger partial charge in [0.15, 0.2) is 0 Å². The predicted octanol–water partition coefficient (Wildman–Crippen LogP) is 1.78. The van der Waals surface area contributed by atoms with E-state index in [0.717, 1.165) is 4.90 Å². The molecule has 1 atom stereocenters. The van der Waals surface area contributed by atoms with E-state index in [2.05, 4.69) is 4.98 Å². The summed E-state index contributed by atoms with van der Waals surface area (Å²) in [7, 11) is 0. The van der Waals surface area contributed by atoms with Crippen molar-refractivity contribution in [2.45, 2.75) is 26.5 Å². The molecule has 0 aliphatic rings. The second-order valence-electron chi connectivity index (χ2n) is 4.49. The zero-order valence-electron chi connectivity index (χ0n) is 11.8. The van der Waals surface area contributed by atoms with E-state index in [-0.39, 0.29) is 5.69 Å². The molecule has 0 fully saturated rings. The Morgan fingerprint density at radius 2 is 2.19 bits per heavy atom. The summed E-state index contributed by atoms with van der Waals surface area (Å²) in [5.41, 5.74) is -0.00453. The summed E-state index contributed by atoms with van der Waals surface area (Å²) < 4.78 is 5.22. The average Bonchev–Trinajstić information content (AvgIpc) is 2.49. The van der Waals surface area contributed by atoms with Gasteiger partial charge in [0.1, 0.15) is 17.7 Å². The fourth-order valence-electron chi connectivity index (χ4n) is 1.97. The third kappa shape index (κ3) is 3.17. The number of pyridine rings is 1. The first-order chi connectivity index (χ1) is 10.0. The normalized spacial score (nSPS) is 12.0. The number of anilines is 1. The Morgan fingerprint density at radius 1 is 1.43 bits per heavy atom. The van der Waals surface area contributed by atoms with Crippen LogP contribution in [0.15, 0.2) is 45.9 Å². The Labute approximate surface area is 121 Å². The van der Waals surface area contributed by atoms with Crippen LogP contribution in [0.3, 0.4) is 0 Å². The van der Waals surface area contributed by atoms with E-state index < -0.39 is 17.8 Å². The first-order valence-corrected chi connectivity index (χ1v) is 6.57. The molecule has 21 heavy (non-hydrogen) atoms. The van der Waals surface area contributed by atoms with Gasteiger partial charge < -0.3 is 9.52 Å². The van der Waals surface area contributed by atoms with E-state index in [9.17, 15) is 14.7 Å². The molecule has 2 aromatic heterocycles. The number of hydrogen-bond donors (Lipinski definition) is 1. The molecule has 1 unspecified atom stereocenters. The average molecular weight is 288 g/mol. The van der Waals surface area contributed by atoms with Gasteiger partial charge in [0.05, 0.1) is 0 Å². The Bertz CT molecular complexity index is 682. The van der Waals surface area contributed by atoms with Gasteiger partial charge in [0.25, 0.3) is 0 Å². The minimum absolute atomic E-state index is 0.0180. The Hall–Kier alpha value is -2.47. The van der Waals surface area contributed by atoms with Crippen molar-refractivity contribution in [2.75, 3.05) is 4.90 Å². The van der Waals surface area contributed by atoms with Crippen molar-refractivity contribution >= 4 is 11.6 Å². The summed E-state index contributed by atoms with van der Waals surface area (Å²) in [6.07, 6.45) is 2.44. The lowest BCUT2D eigenvalue weighted by atomic mass is 10.2. The molecule has 2 rings (SSSR count). The van der Waals surface area contributed by atoms with Crippen molar-refractivity contribution in [2.24, 2.45) is 0 Å². The quantitative estimate of drug-likeness (QED) is 0.867. The number of aromatic nitrogens is 1. The summed E-state index contributed by atoms with van der Waals surface area (Å²) in [5.74, 6) is -0.0721. The largest absolute Gasteiger partial charge is 0.421 e. The highest BCUT2D eigenvalue weighted by atomic mass is 16.4. The molecule has 2 heterocycles. The lowest BCUT2D eigenvalue weighted by molar-refractivity contribution is -0.118. The minimum atomic E-state index is -1.06. The van der Waals surface area contributed by atoms with Gasteiger partial charge >= 0.3 is 5.63 Å². The molecule has 6 heteroatoms. The standard InChI is InChI=1S/C15H16N2O4/c1-3-14(19)17(10(2)18)12-6-7-13(21-15(12)20)11-5-4-8-16-9-11/h4-9,14,19H,3H2,1-2H3. The van der Waals surface area contributed by atoms with Gasteiger partial charge in [-0.2, -0.15) is 0 Å². The maximum absolute atomic E-state index is 12.1. The zero-order valence-corrected chi connectivity index (χ0v) is 11.8. The van der Waals surface area contributed by atoms with Crippen LogP contribution < -0.4 is 10.5 Å². The summed E-state index contributed by atoms with van der Waals surface area (Å²) >= 11 is 0. The smallest absolute Gasteiger partial charge is 0.360 e. The van der Waals surface area contributed by atoms with E-state index in [0.29, 0.717) is 17.7 Å². The van der Waals surface area contributed by atoms with Crippen molar-refractivity contribution < 1.29 is 14.3 Å². The number of aliphatic hydroxyl groups is 1. The van der Waals surface area contributed by atoms with Crippen molar-refractivity contribution in [1.29, 1.82) is 0 Å². The van der Waals surface area contributed by atoms with Crippen LogP contribution in [0.5, 0.6) is 0 Å². The van der Waals surface area contributed by atoms with E-state index in [1.54, 1.807) is 37.5 Å². The van der Waals surface area contributed by atoms with Gasteiger partial charge in [-0.05, 0) is 30.7 Å². The third-order valence-electron chi connectivity index (χ3n) is 3.01. The van der Waals surface area contributed by atoms with E-state index in [1.807, 2.05) is 0 Å². The van der Waals surface area contributed by atoms with E-state index in [1.165, 1.54) is 13.0 Å². The van der Waals surface area contributed by atoms with E-state index in [4.69, 9.17) is 4.42 Å². The lowest BCUT2D eigenvalue weighted by Crippen LogP contribution is -2.41. The maximum Gasteiger partial charge on any atom is 0.360 e. The summed E-state index contributed by atoms with van der Waals surface area (Å²) in [4.78, 5) is 28.7. The minimum Gasteiger partial charge on any atom is -0.421 e. The predicted molar refractivity (Wildman–Crippen MR) is 77.7 cm³/mol. The highest BCUT2D eigenvalue weighted by Gasteiger charge is 2.22. The molecule has 0 aromatic carbocycles. The highest BCUT2D eigenvalue weighted by molar-refractivity contribution is 5.91. The summed E-state index contributed by atoms with van der Waals surface area (Å²) in [6, 6.07) is 6.53. The third-order valence-corrected chi connectivity index (χ3v) is 3.01. The molecule has 0 spiro atoms. The van der Waals surface area contributed by atoms with Crippen LogP contribution in [0.1, 0.15) is 20.3 Å². The second-order valence-corrected chi connectivity index (χ2v) is 4.49. The SMILES string of the molecule is CCC(O)N(C(C)=O)c1ccc(-c2cccnc2)oc1=O. The first kappa shape index (κ1) is 14.9. The molecule has 1 N–H and O–H groups in total. The van der Waals surface area contributed by atoms with Crippen molar-refractivity contribution in [3.8, 4) is 11.3 Å². The molecule has 0 bridgehead atoms. The fourth-order valence-corrected chi connectivity index (χ4v) is 1.97. The molecule has 0 saturated heterocycles. The molecule has 0 aliphatic carbocycles. The molecule has 0 saturated carbocycles. The number of rotatable bonds is 4. The molecule has 0 aliphatic heterocycles. The number of amides is 1. The van der Waals surface area contributed by atoms with E-state index >= 15 is 0 Å². The van der Waals surface area contributed by atoms with Crippen LogP contribution in [0.4, 0.5) is 5.69 Å². The van der Waals surface area contributed by atoms with Crippen molar-refractivity contribution in [3.05, 3.63) is 47.1 Å². The molecule has 6 nitrogen and oxygen atoms in total.